The van der Waals surface area contributed by atoms with E-state index in [4.69, 9.17) is 23.2 Å². The first kappa shape index (κ1) is 14.7. The molecule has 1 nitrogen and oxygen atoms in total. The Morgan fingerprint density at radius 1 is 0.950 bits per heavy atom. The van der Waals surface area contributed by atoms with Gasteiger partial charge in [0.1, 0.15) is 0 Å². The Bertz CT molecular complexity index is 482. The summed E-state index contributed by atoms with van der Waals surface area (Å²) in [5.41, 5.74) is 0.927. The average molecular weight is 313 g/mol. The van der Waals surface area contributed by atoms with Crippen LogP contribution in [0.15, 0.2) is 18.2 Å². The van der Waals surface area contributed by atoms with Crippen LogP contribution in [0.3, 0.4) is 0 Å². The van der Waals surface area contributed by atoms with Gasteiger partial charge in [-0.25, -0.2) is 0 Å². The summed E-state index contributed by atoms with van der Waals surface area (Å²) in [6.07, 6.45) is 10.2. The van der Waals surface area contributed by atoms with Gasteiger partial charge >= 0.3 is 0 Å². The quantitative estimate of drug-likeness (QED) is 0.775. The third-order valence-corrected chi connectivity index (χ3v) is 6.31. The second kappa shape index (κ2) is 5.51. The number of benzene rings is 1. The fraction of sp³-hybridized carbons (Fsp3) is 0.647. The molecule has 0 bridgehead atoms. The maximum atomic E-state index is 10.9. The Balaban J connectivity index is 1.70. The Morgan fingerprint density at radius 3 is 2.25 bits per heavy atom. The summed E-state index contributed by atoms with van der Waals surface area (Å²) in [6.45, 7) is 0. The topological polar surface area (TPSA) is 20.2 Å². The zero-order valence-electron chi connectivity index (χ0n) is 11.8. The number of aliphatic hydroxyl groups is 1. The van der Waals surface area contributed by atoms with Crippen LogP contribution in [-0.2, 0) is 6.42 Å². The third-order valence-electron chi connectivity index (χ3n) is 5.46. The molecule has 1 aromatic rings. The summed E-state index contributed by atoms with van der Waals surface area (Å²) < 4.78 is 0. The highest BCUT2D eigenvalue weighted by atomic mass is 35.5. The first-order valence-electron chi connectivity index (χ1n) is 7.67. The van der Waals surface area contributed by atoms with Gasteiger partial charge < -0.3 is 5.11 Å². The summed E-state index contributed by atoms with van der Waals surface area (Å²) in [5.74, 6) is 0. The van der Waals surface area contributed by atoms with Gasteiger partial charge in [0.25, 0.3) is 0 Å². The van der Waals surface area contributed by atoms with Crippen molar-refractivity contribution in [2.75, 3.05) is 0 Å². The molecule has 20 heavy (non-hydrogen) atoms. The molecule has 110 valence electrons. The third kappa shape index (κ3) is 2.86. The minimum atomic E-state index is -0.595. The summed E-state index contributed by atoms with van der Waals surface area (Å²) in [6, 6.07) is 5.69. The number of halogens is 2. The van der Waals surface area contributed by atoms with Gasteiger partial charge in [0.15, 0.2) is 0 Å². The first-order chi connectivity index (χ1) is 9.52. The van der Waals surface area contributed by atoms with Gasteiger partial charge in [-0.2, -0.15) is 0 Å². The minimum absolute atomic E-state index is 0.546. The van der Waals surface area contributed by atoms with Crippen molar-refractivity contribution in [3.63, 3.8) is 0 Å². The van der Waals surface area contributed by atoms with Crippen molar-refractivity contribution in [1.82, 2.24) is 0 Å². The van der Waals surface area contributed by atoms with Gasteiger partial charge in [-0.15, -0.1) is 0 Å². The van der Waals surface area contributed by atoms with Crippen molar-refractivity contribution >= 4 is 23.2 Å². The van der Waals surface area contributed by atoms with Crippen LogP contribution in [0.2, 0.25) is 10.0 Å². The average Bonchev–Trinajstić information content (AvgIpc) is 2.88. The first-order valence-corrected chi connectivity index (χ1v) is 8.43. The zero-order chi connectivity index (χ0) is 14.2. The van der Waals surface area contributed by atoms with Gasteiger partial charge in [-0.3, -0.25) is 0 Å². The Labute approximate surface area is 131 Å². The predicted octanol–water partition coefficient (Wildman–Crippen LogP) is 5.40. The lowest BCUT2D eigenvalue weighted by atomic mass is 9.66. The van der Waals surface area contributed by atoms with E-state index in [0.717, 1.165) is 18.4 Å². The fourth-order valence-corrected chi connectivity index (χ4v) is 4.47. The van der Waals surface area contributed by atoms with E-state index in [2.05, 4.69) is 0 Å². The van der Waals surface area contributed by atoms with Crippen LogP contribution in [0.4, 0.5) is 0 Å². The molecule has 0 unspecified atom stereocenters. The van der Waals surface area contributed by atoms with E-state index >= 15 is 0 Å². The minimum Gasteiger partial charge on any atom is -0.390 e. The lowest BCUT2D eigenvalue weighted by Gasteiger charge is -2.42. The molecule has 2 aliphatic carbocycles. The molecule has 0 radical (unpaired) electrons. The second-order valence-electron chi connectivity index (χ2n) is 6.82. The van der Waals surface area contributed by atoms with Gasteiger partial charge in [0.2, 0.25) is 0 Å². The van der Waals surface area contributed by atoms with Crippen LogP contribution in [-0.4, -0.2) is 10.7 Å². The zero-order valence-corrected chi connectivity index (χ0v) is 13.3. The molecule has 0 saturated heterocycles. The van der Waals surface area contributed by atoms with Crippen LogP contribution in [0.5, 0.6) is 0 Å². The molecular weight excluding hydrogens is 291 g/mol. The molecule has 2 aliphatic rings. The molecule has 0 aliphatic heterocycles. The van der Waals surface area contributed by atoms with E-state index in [1.807, 2.05) is 12.1 Å². The van der Waals surface area contributed by atoms with Crippen molar-refractivity contribution in [2.24, 2.45) is 5.41 Å². The highest BCUT2D eigenvalue weighted by Gasteiger charge is 2.43. The molecule has 0 amide bonds. The van der Waals surface area contributed by atoms with Crippen molar-refractivity contribution in [3.8, 4) is 0 Å². The number of hydrogen-bond acceptors (Lipinski definition) is 1. The molecular formula is C17H22Cl2O. The molecule has 1 spiro atoms. The fourth-order valence-electron chi connectivity index (χ4n) is 4.09. The van der Waals surface area contributed by atoms with Crippen molar-refractivity contribution in [2.45, 2.75) is 63.4 Å². The normalized spacial score (nSPS) is 24.1. The Kier molecular flexibility index (Phi) is 4.05. The van der Waals surface area contributed by atoms with Crippen molar-refractivity contribution in [1.29, 1.82) is 0 Å². The van der Waals surface area contributed by atoms with Gasteiger partial charge in [0.05, 0.1) is 15.6 Å². The lowest BCUT2D eigenvalue weighted by molar-refractivity contribution is -0.0322. The largest absolute Gasteiger partial charge is 0.390 e. The standard InChI is InChI=1S/C17H22Cl2O/c18-14-5-3-4-13(15(14)19)12-17(20)10-8-16(9-11-17)6-1-2-7-16/h3-5,20H,1-2,6-12H2. The summed E-state index contributed by atoms with van der Waals surface area (Å²) in [7, 11) is 0. The molecule has 0 heterocycles. The van der Waals surface area contributed by atoms with Crippen LogP contribution >= 0.6 is 23.2 Å². The molecule has 2 saturated carbocycles. The van der Waals surface area contributed by atoms with Crippen LogP contribution in [0.1, 0.15) is 56.9 Å². The predicted molar refractivity (Wildman–Crippen MR) is 84.5 cm³/mol. The highest BCUT2D eigenvalue weighted by molar-refractivity contribution is 6.42. The van der Waals surface area contributed by atoms with E-state index in [1.165, 1.54) is 38.5 Å². The Morgan fingerprint density at radius 2 is 1.60 bits per heavy atom. The summed E-state index contributed by atoms with van der Waals surface area (Å²) in [4.78, 5) is 0. The maximum Gasteiger partial charge on any atom is 0.0688 e. The molecule has 1 N–H and O–H groups in total. The molecule has 2 fully saturated rings. The molecule has 3 heteroatoms. The monoisotopic (exact) mass is 312 g/mol. The van der Waals surface area contributed by atoms with Gasteiger partial charge in [-0.05, 0) is 55.6 Å². The van der Waals surface area contributed by atoms with Crippen molar-refractivity contribution in [3.05, 3.63) is 33.8 Å². The van der Waals surface area contributed by atoms with E-state index in [0.29, 0.717) is 21.9 Å². The van der Waals surface area contributed by atoms with Crippen molar-refractivity contribution < 1.29 is 5.11 Å². The number of rotatable bonds is 2. The summed E-state index contributed by atoms with van der Waals surface area (Å²) in [5, 5.41) is 12.1. The molecule has 3 rings (SSSR count). The van der Waals surface area contributed by atoms with E-state index in [1.54, 1.807) is 6.07 Å². The smallest absolute Gasteiger partial charge is 0.0688 e. The van der Waals surface area contributed by atoms with Crippen LogP contribution in [0, 0.1) is 5.41 Å². The molecule has 1 aromatic carbocycles. The number of hydrogen-bond donors (Lipinski definition) is 1. The summed E-state index contributed by atoms with van der Waals surface area (Å²) >= 11 is 12.3. The highest BCUT2D eigenvalue weighted by Crippen LogP contribution is 2.51. The van der Waals surface area contributed by atoms with E-state index < -0.39 is 5.60 Å². The van der Waals surface area contributed by atoms with Crippen LogP contribution < -0.4 is 0 Å². The van der Waals surface area contributed by atoms with E-state index in [9.17, 15) is 5.11 Å². The van der Waals surface area contributed by atoms with Gasteiger partial charge in [0, 0.05) is 6.42 Å². The Hall–Kier alpha value is -0.240. The van der Waals surface area contributed by atoms with Crippen LogP contribution in [0.25, 0.3) is 0 Å². The maximum absolute atomic E-state index is 10.9. The second-order valence-corrected chi connectivity index (χ2v) is 7.61. The SMILES string of the molecule is OC1(Cc2cccc(Cl)c2Cl)CCC2(CCCC2)CC1. The lowest BCUT2D eigenvalue weighted by Crippen LogP contribution is -2.39. The molecule has 0 aromatic heterocycles. The van der Waals surface area contributed by atoms with Gasteiger partial charge in [-0.1, -0.05) is 48.2 Å². The van der Waals surface area contributed by atoms with E-state index in [-0.39, 0.29) is 0 Å². The molecule has 0 atom stereocenters.